The standard InChI is InChI=1S/C13H30N2/c1-7-8-9-11(2)15-10-12(3,4)13(5,6)14/h11,15H,7-10,14H2,1-6H3. The molecule has 0 saturated heterocycles. The summed E-state index contributed by atoms with van der Waals surface area (Å²) in [5, 5.41) is 3.58. The van der Waals surface area contributed by atoms with Gasteiger partial charge in [-0.05, 0) is 32.6 Å². The van der Waals surface area contributed by atoms with Crippen molar-refractivity contribution in [1.29, 1.82) is 0 Å². The van der Waals surface area contributed by atoms with Crippen LogP contribution in [0.15, 0.2) is 0 Å². The van der Waals surface area contributed by atoms with Crippen LogP contribution in [0.2, 0.25) is 0 Å². The molecule has 0 bridgehead atoms. The molecule has 0 radical (unpaired) electrons. The van der Waals surface area contributed by atoms with Crippen LogP contribution in [-0.4, -0.2) is 18.1 Å². The maximum atomic E-state index is 6.16. The molecule has 3 N–H and O–H groups in total. The first-order valence-electron chi connectivity index (χ1n) is 6.23. The van der Waals surface area contributed by atoms with Crippen molar-refractivity contribution in [2.24, 2.45) is 11.1 Å². The fourth-order valence-corrected chi connectivity index (χ4v) is 1.27. The fourth-order valence-electron chi connectivity index (χ4n) is 1.27. The van der Waals surface area contributed by atoms with Gasteiger partial charge in [0.05, 0.1) is 0 Å². The van der Waals surface area contributed by atoms with Crippen LogP contribution in [-0.2, 0) is 0 Å². The first-order valence-corrected chi connectivity index (χ1v) is 6.23. The molecule has 0 aliphatic heterocycles. The molecule has 0 aromatic carbocycles. The van der Waals surface area contributed by atoms with Gasteiger partial charge in [0.1, 0.15) is 0 Å². The van der Waals surface area contributed by atoms with Gasteiger partial charge in [0, 0.05) is 18.1 Å². The molecule has 1 atom stereocenters. The Kier molecular flexibility index (Phi) is 5.82. The highest BCUT2D eigenvalue weighted by Gasteiger charge is 2.33. The highest BCUT2D eigenvalue weighted by Crippen LogP contribution is 2.27. The normalized spacial score (nSPS) is 15.4. The molecular weight excluding hydrogens is 184 g/mol. The van der Waals surface area contributed by atoms with Crippen LogP contribution in [0.3, 0.4) is 0 Å². The summed E-state index contributed by atoms with van der Waals surface area (Å²) >= 11 is 0. The zero-order valence-electron chi connectivity index (χ0n) is 11.5. The molecule has 0 aromatic rings. The summed E-state index contributed by atoms with van der Waals surface area (Å²) in [5.41, 5.74) is 6.16. The predicted molar refractivity (Wildman–Crippen MR) is 69.0 cm³/mol. The molecule has 92 valence electrons. The van der Waals surface area contributed by atoms with E-state index in [1.54, 1.807) is 0 Å². The molecular formula is C13H30N2. The average Bonchev–Trinajstić information content (AvgIpc) is 2.09. The van der Waals surface area contributed by atoms with Crippen LogP contribution < -0.4 is 11.1 Å². The Bertz CT molecular complexity index is 168. The van der Waals surface area contributed by atoms with Gasteiger partial charge in [-0.15, -0.1) is 0 Å². The van der Waals surface area contributed by atoms with Crippen LogP contribution >= 0.6 is 0 Å². The lowest BCUT2D eigenvalue weighted by Gasteiger charge is -2.39. The molecule has 2 nitrogen and oxygen atoms in total. The first-order chi connectivity index (χ1) is 6.70. The van der Waals surface area contributed by atoms with E-state index in [4.69, 9.17) is 5.73 Å². The van der Waals surface area contributed by atoms with E-state index in [0.29, 0.717) is 6.04 Å². The highest BCUT2D eigenvalue weighted by atomic mass is 14.9. The second-order valence-corrected chi connectivity index (χ2v) is 6.03. The van der Waals surface area contributed by atoms with Gasteiger partial charge in [-0.3, -0.25) is 0 Å². The van der Waals surface area contributed by atoms with Crippen LogP contribution in [0.1, 0.15) is 60.8 Å². The summed E-state index contributed by atoms with van der Waals surface area (Å²) in [4.78, 5) is 0. The minimum atomic E-state index is -0.134. The van der Waals surface area contributed by atoms with Gasteiger partial charge < -0.3 is 11.1 Å². The molecule has 2 heteroatoms. The molecule has 0 spiro atoms. The van der Waals surface area contributed by atoms with E-state index in [2.05, 4.69) is 46.9 Å². The molecule has 0 aromatic heterocycles. The van der Waals surface area contributed by atoms with E-state index in [-0.39, 0.29) is 11.0 Å². The molecule has 0 fully saturated rings. The van der Waals surface area contributed by atoms with Crippen molar-refractivity contribution in [2.75, 3.05) is 6.54 Å². The van der Waals surface area contributed by atoms with Gasteiger partial charge in [-0.25, -0.2) is 0 Å². The largest absolute Gasteiger partial charge is 0.325 e. The van der Waals surface area contributed by atoms with E-state index in [0.717, 1.165) is 6.54 Å². The summed E-state index contributed by atoms with van der Waals surface area (Å²) in [6.07, 6.45) is 3.84. The third-order valence-electron chi connectivity index (χ3n) is 3.63. The Morgan fingerprint density at radius 3 is 2.13 bits per heavy atom. The van der Waals surface area contributed by atoms with E-state index in [9.17, 15) is 0 Å². The van der Waals surface area contributed by atoms with Crippen molar-refractivity contribution in [3.05, 3.63) is 0 Å². The van der Waals surface area contributed by atoms with Crippen LogP contribution in [0, 0.1) is 5.41 Å². The summed E-state index contributed by atoms with van der Waals surface area (Å²) in [5.74, 6) is 0. The number of nitrogens with one attached hydrogen (secondary N) is 1. The second-order valence-electron chi connectivity index (χ2n) is 6.03. The molecule has 0 aliphatic rings. The number of hydrogen-bond donors (Lipinski definition) is 2. The maximum Gasteiger partial charge on any atom is 0.0161 e. The summed E-state index contributed by atoms with van der Waals surface area (Å²) in [6.45, 7) is 14.1. The molecule has 0 amide bonds. The SMILES string of the molecule is CCCCC(C)NCC(C)(C)C(C)(C)N. The van der Waals surface area contributed by atoms with Crippen LogP contribution in [0.25, 0.3) is 0 Å². The molecule has 0 rings (SSSR count). The van der Waals surface area contributed by atoms with Crippen LogP contribution in [0.4, 0.5) is 0 Å². The van der Waals surface area contributed by atoms with Gasteiger partial charge in [-0.1, -0.05) is 33.6 Å². The second kappa shape index (κ2) is 5.86. The van der Waals surface area contributed by atoms with Crippen molar-refractivity contribution in [3.8, 4) is 0 Å². The molecule has 15 heavy (non-hydrogen) atoms. The van der Waals surface area contributed by atoms with E-state index >= 15 is 0 Å². The Hall–Kier alpha value is -0.0800. The lowest BCUT2D eigenvalue weighted by Crippen LogP contribution is -2.53. The lowest BCUT2D eigenvalue weighted by molar-refractivity contribution is 0.188. The van der Waals surface area contributed by atoms with Gasteiger partial charge in [0.25, 0.3) is 0 Å². The summed E-state index contributed by atoms with van der Waals surface area (Å²) in [6, 6.07) is 0.603. The molecule has 1 unspecified atom stereocenters. The Morgan fingerprint density at radius 2 is 1.73 bits per heavy atom. The van der Waals surface area contributed by atoms with Crippen molar-refractivity contribution in [3.63, 3.8) is 0 Å². The van der Waals surface area contributed by atoms with E-state index in [1.807, 2.05) is 0 Å². The number of hydrogen-bond acceptors (Lipinski definition) is 2. The topological polar surface area (TPSA) is 38.0 Å². The third-order valence-corrected chi connectivity index (χ3v) is 3.63. The maximum absolute atomic E-state index is 6.16. The van der Waals surface area contributed by atoms with Gasteiger partial charge in [-0.2, -0.15) is 0 Å². The third kappa shape index (κ3) is 5.53. The van der Waals surface area contributed by atoms with Crippen molar-refractivity contribution in [2.45, 2.75) is 72.4 Å². The highest BCUT2D eigenvalue weighted by molar-refractivity contribution is 4.91. The van der Waals surface area contributed by atoms with Crippen LogP contribution in [0.5, 0.6) is 0 Å². The molecule has 0 heterocycles. The zero-order chi connectivity index (χ0) is 12.1. The van der Waals surface area contributed by atoms with Crippen molar-refractivity contribution < 1.29 is 0 Å². The first kappa shape index (κ1) is 14.9. The lowest BCUT2D eigenvalue weighted by atomic mass is 9.75. The number of nitrogens with two attached hydrogens (primary N) is 1. The van der Waals surface area contributed by atoms with Gasteiger partial charge in [0.2, 0.25) is 0 Å². The Morgan fingerprint density at radius 1 is 1.20 bits per heavy atom. The average molecular weight is 214 g/mol. The smallest absolute Gasteiger partial charge is 0.0161 e. The molecule has 0 aliphatic carbocycles. The molecule has 0 saturated carbocycles. The van der Waals surface area contributed by atoms with Gasteiger partial charge in [0.15, 0.2) is 0 Å². The summed E-state index contributed by atoms with van der Waals surface area (Å²) < 4.78 is 0. The fraction of sp³-hybridized carbons (Fsp3) is 1.00. The van der Waals surface area contributed by atoms with Crippen molar-refractivity contribution in [1.82, 2.24) is 5.32 Å². The predicted octanol–water partition coefficient (Wildman–Crippen LogP) is 2.92. The minimum absolute atomic E-state index is 0.132. The number of rotatable bonds is 7. The quantitative estimate of drug-likeness (QED) is 0.684. The number of unbranched alkanes of at least 4 members (excludes halogenated alkanes) is 1. The van der Waals surface area contributed by atoms with Crippen molar-refractivity contribution >= 4 is 0 Å². The Labute approximate surface area is 96.0 Å². The van der Waals surface area contributed by atoms with Gasteiger partial charge >= 0.3 is 0 Å². The monoisotopic (exact) mass is 214 g/mol. The van der Waals surface area contributed by atoms with E-state index in [1.165, 1.54) is 19.3 Å². The summed E-state index contributed by atoms with van der Waals surface area (Å²) in [7, 11) is 0. The zero-order valence-corrected chi connectivity index (χ0v) is 11.5. The Balaban J connectivity index is 3.93. The minimum Gasteiger partial charge on any atom is -0.325 e. The van der Waals surface area contributed by atoms with E-state index < -0.39 is 0 Å².